The number of piperidine rings is 1. The smallest absolute Gasteiger partial charge is 0.308 e. The third-order valence-corrected chi connectivity index (χ3v) is 3.32. The summed E-state index contributed by atoms with van der Waals surface area (Å²) in [6.07, 6.45) is 4.01. The van der Waals surface area contributed by atoms with Crippen molar-refractivity contribution in [2.45, 2.75) is 12.3 Å². The number of nitrogens with one attached hydrogen (secondary N) is 1. The Morgan fingerprint density at radius 1 is 1.62 bits per heavy atom. The van der Waals surface area contributed by atoms with Gasteiger partial charge in [-0.15, -0.1) is 0 Å². The van der Waals surface area contributed by atoms with Crippen molar-refractivity contribution in [2.75, 3.05) is 13.1 Å². The van der Waals surface area contributed by atoms with Gasteiger partial charge in [0.2, 0.25) is 0 Å². The Hall–Kier alpha value is -1.13. The Labute approximate surface area is 98.6 Å². The lowest BCUT2D eigenvalue weighted by Gasteiger charge is -2.29. The van der Waals surface area contributed by atoms with Crippen LogP contribution in [0.15, 0.2) is 18.5 Å². The van der Waals surface area contributed by atoms with Crippen molar-refractivity contribution in [2.24, 2.45) is 5.92 Å². The molecule has 1 aliphatic heterocycles. The normalized spacial score (nSPS) is 25.3. The zero-order valence-corrected chi connectivity index (χ0v) is 9.44. The van der Waals surface area contributed by atoms with E-state index < -0.39 is 11.9 Å². The highest BCUT2D eigenvalue weighted by Gasteiger charge is 2.32. The van der Waals surface area contributed by atoms with Crippen LogP contribution in [-0.4, -0.2) is 29.1 Å². The molecule has 1 saturated heterocycles. The van der Waals surface area contributed by atoms with Gasteiger partial charge in [0, 0.05) is 24.9 Å². The van der Waals surface area contributed by atoms with Gasteiger partial charge in [-0.1, -0.05) is 11.6 Å². The summed E-state index contributed by atoms with van der Waals surface area (Å²) in [5, 5.41) is 12.8. The number of hydrogen-bond donors (Lipinski definition) is 2. The summed E-state index contributed by atoms with van der Waals surface area (Å²) in [5.74, 6) is -1.20. The predicted molar refractivity (Wildman–Crippen MR) is 60.6 cm³/mol. The van der Waals surface area contributed by atoms with Crippen LogP contribution in [0.2, 0.25) is 5.02 Å². The molecule has 4 nitrogen and oxygen atoms in total. The van der Waals surface area contributed by atoms with Gasteiger partial charge in [0.05, 0.1) is 10.9 Å². The van der Waals surface area contributed by atoms with Gasteiger partial charge in [0.15, 0.2) is 0 Å². The van der Waals surface area contributed by atoms with Crippen LogP contribution in [-0.2, 0) is 4.79 Å². The van der Waals surface area contributed by atoms with Gasteiger partial charge in [0.1, 0.15) is 0 Å². The topological polar surface area (TPSA) is 62.2 Å². The van der Waals surface area contributed by atoms with E-state index in [1.54, 1.807) is 12.4 Å². The molecule has 0 radical (unpaired) electrons. The Kier molecular flexibility index (Phi) is 3.41. The number of aromatic nitrogens is 1. The Bertz CT molecular complexity index is 397. The summed E-state index contributed by atoms with van der Waals surface area (Å²) in [4.78, 5) is 15.1. The largest absolute Gasteiger partial charge is 0.481 e. The highest BCUT2D eigenvalue weighted by atomic mass is 35.5. The van der Waals surface area contributed by atoms with Crippen molar-refractivity contribution in [3.8, 4) is 0 Å². The van der Waals surface area contributed by atoms with E-state index in [1.165, 1.54) is 0 Å². The molecule has 2 unspecified atom stereocenters. The van der Waals surface area contributed by atoms with Crippen LogP contribution in [0.3, 0.4) is 0 Å². The molecule has 2 rings (SSSR count). The zero-order chi connectivity index (χ0) is 11.5. The average molecular weight is 241 g/mol. The predicted octanol–water partition coefficient (Wildman–Crippen LogP) is 1.51. The molecule has 0 aromatic carbocycles. The minimum absolute atomic E-state index is 0.0192. The molecule has 2 heterocycles. The second-order valence-electron chi connectivity index (χ2n) is 3.94. The standard InChI is InChI=1S/C11H13ClN2O2/c12-10-6-14-4-2-8(10)7-1-3-13-5-9(7)11(15)16/h2,4,6-7,9,13H,1,3,5H2,(H,15,16). The molecular formula is C11H13ClN2O2. The van der Waals surface area contributed by atoms with E-state index in [9.17, 15) is 4.79 Å². The molecule has 1 aromatic heterocycles. The van der Waals surface area contributed by atoms with Crippen molar-refractivity contribution in [3.63, 3.8) is 0 Å². The average Bonchev–Trinajstić information content (AvgIpc) is 2.29. The maximum atomic E-state index is 11.2. The molecule has 0 spiro atoms. The Balaban J connectivity index is 2.30. The zero-order valence-electron chi connectivity index (χ0n) is 8.69. The van der Waals surface area contributed by atoms with Crippen LogP contribution in [0.5, 0.6) is 0 Å². The van der Waals surface area contributed by atoms with Crippen LogP contribution in [0.4, 0.5) is 0 Å². The van der Waals surface area contributed by atoms with Gasteiger partial charge in [0.25, 0.3) is 0 Å². The van der Waals surface area contributed by atoms with Crippen LogP contribution in [0.1, 0.15) is 17.9 Å². The van der Waals surface area contributed by atoms with E-state index in [0.29, 0.717) is 11.6 Å². The highest BCUT2D eigenvalue weighted by molar-refractivity contribution is 6.31. The van der Waals surface area contributed by atoms with Crippen molar-refractivity contribution >= 4 is 17.6 Å². The van der Waals surface area contributed by atoms with Gasteiger partial charge in [-0.3, -0.25) is 9.78 Å². The van der Waals surface area contributed by atoms with E-state index in [0.717, 1.165) is 18.5 Å². The highest BCUT2D eigenvalue weighted by Crippen LogP contribution is 2.34. The minimum atomic E-state index is -0.773. The Morgan fingerprint density at radius 2 is 2.44 bits per heavy atom. The molecule has 1 aliphatic rings. The number of carboxylic acid groups (broad SMARTS) is 1. The quantitative estimate of drug-likeness (QED) is 0.823. The molecular weight excluding hydrogens is 228 g/mol. The molecule has 2 atom stereocenters. The molecule has 0 amide bonds. The first-order chi connectivity index (χ1) is 7.70. The molecule has 5 heteroatoms. The van der Waals surface area contributed by atoms with E-state index in [4.69, 9.17) is 16.7 Å². The maximum absolute atomic E-state index is 11.2. The number of aliphatic carboxylic acids is 1. The SMILES string of the molecule is O=C(O)C1CNCCC1c1ccncc1Cl. The lowest BCUT2D eigenvalue weighted by atomic mass is 9.81. The third-order valence-electron chi connectivity index (χ3n) is 3.00. The molecule has 1 aromatic rings. The molecule has 2 N–H and O–H groups in total. The molecule has 0 saturated carbocycles. The van der Waals surface area contributed by atoms with Crippen molar-refractivity contribution in [1.82, 2.24) is 10.3 Å². The van der Waals surface area contributed by atoms with E-state index >= 15 is 0 Å². The summed E-state index contributed by atoms with van der Waals surface area (Å²) in [6.45, 7) is 1.33. The lowest BCUT2D eigenvalue weighted by Crippen LogP contribution is -2.39. The number of carbonyl (C=O) groups is 1. The summed E-state index contributed by atoms with van der Waals surface area (Å²) in [7, 11) is 0. The van der Waals surface area contributed by atoms with Crippen molar-refractivity contribution in [1.29, 1.82) is 0 Å². The van der Waals surface area contributed by atoms with Gasteiger partial charge < -0.3 is 10.4 Å². The van der Waals surface area contributed by atoms with E-state index in [1.807, 2.05) is 6.07 Å². The fraction of sp³-hybridized carbons (Fsp3) is 0.455. The van der Waals surface area contributed by atoms with Crippen LogP contribution in [0, 0.1) is 5.92 Å². The summed E-state index contributed by atoms with van der Waals surface area (Å²) < 4.78 is 0. The second kappa shape index (κ2) is 4.80. The molecule has 1 fully saturated rings. The summed E-state index contributed by atoms with van der Waals surface area (Å²) >= 11 is 6.05. The van der Waals surface area contributed by atoms with Crippen molar-refractivity contribution in [3.05, 3.63) is 29.0 Å². The first kappa shape index (κ1) is 11.4. The van der Waals surface area contributed by atoms with Gasteiger partial charge in [-0.2, -0.15) is 0 Å². The van der Waals surface area contributed by atoms with Crippen LogP contribution >= 0.6 is 11.6 Å². The fourth-order valence-corrected chi connectivity index (χ4v) is 2.44. The van der Waals surface area contributed by atoms with Crippen molar-refractivity contribution < 1.29 is 9.90 Å². The molecule has 0 bridgehead atoms. The first-order valence-corrected chi connectivity index (χ1v) is 5.61. The van der Waals surface area contributed by atoms with Crippen LogP contribution in [0.25, 0.3) is 0 Å². The van der Waals surface area contributed by atoms with Gasteiger partial charge in [-0.05, 0) is 24.6 Å². The number of hydrogen-bond acceptors (Lipinski definition) is 3. The van der Waals surface area contributed by atoms with Gasteiger partial charge in [-0.25, -0.2) is 0 Å². The van der Waals surface area contributed by atoms with Crippen LogP contribution < -0.4 is 5.32 Å². The monoisotopic (exact) mass is 240 g/mol. The number of carboxylic acids is 1. The number of rotatable bonds is 2. The number of nitrogens with zero attached hydrogens (tertiary/aromatic N) is 1. The second-order valence-corrected chi connectivity index (χ2v) is 4.35. The third kappa shape index (κ3) is 2.18. The summed E-state index contributed by atoms with van der Waals surface area (Å²) in [6, 6.07) is 1.81. The lowest BCUT2D eigenvalue weighted by molar-refractivity contribution is -0.142. The van der Waals surface area contributed by atoms with Gasteiger partial charge >= 0.3 is 5.97 Å². The minimum Gasteiger partial charge on any atom is -0.481 e. The van der Waals surface area contributed by atoms with E-state index in [2.05, 4.69) is 10.3 Å². The first-order valence-electron chi connectivity index (χ1n) is 5.23. The Morgan fingerprint density at radius 3 is 3.12 bits per heavy atom. The maximum Gasteiger partial charge on any atom is 0.308 e. The fourth-order valence-electron chi connectivity index (χ4n) is 2.18. The number of halogens is 1. The molecule has 86 valence electrons. The summed E-state index contributed by atoms with van der Waals surface area (Å²) in [5.41, 5.74) is 0.894. The number of pyridine rings is 1. The molecule has 16 heavy (non-hydrogen) atoms. The molecule has 0 aliphatic carbocycles. The van der Waals surface area contributed by atoms with E-state index in [-0.39, 0.29) is 5.92 Å².